The summed E-state index contributed by atoms with van der Waals surface area (Å²) in [6.45, 7) is 7.19. The summed E-state index contributed by atoms with van der Waals surface area (Å²) in [5.41, 5.74) is 1.84. The van der Waals surface area contributed by atoms with Gasteiger partial charge in [-0.05, 0) is 55.1 Å². The number of carbonyl (C=O) groups is 1. The summed E-state index contributed by atoms with van der Waals surface area (Å²) in [7, 11) is -3.75. The number of piperazine rings is 1. The Balaban J connectivity index is 1.48. The van der Waals surface area contributed by atoms with Gasteiger partial charge in [-0.3, -0.25) is 4.79 Å². The van der Waals surface area contributed by atoms with Crippen molar-refractivity contribution >= 4 is 27.3 Å². The van der Waals surface area contributed by atoms with Gasteiger partial charge in [0.1, 0.15) is 5.75 Å². The first-order valence-electron chi connectivity index (χ1n) is 9.48. The van der Waals surface area contributed by atoms with Gasteiger partial charge in [0, 0.05) is 37.6 Å². The van der Waals surface area contributed by atoms with E-state index in [-0.39, 0.29) is 17.4 Å². The second-order valence-electron chi connectivity index (χ2n) is 6.82. The minimum Gasteiger partial charge on any atom is -0.484 e. The van der Waals surface area contributed by atoms with E-state index >= 15 is 0 Å². The van der Waals surface area contributed by atoms with Crippen molar-refractivity contribution in [2.24, 2.45) is 5.14 Å². The Kier molecular flexibility index (Phi) is 6.73. The number of primary sulfonamides is 1. The van der Waals surface area contributed by atoms with Crippen LogP contribution < -0.4 is 20.1 Å². The summed E-state index contributed by atoms with van der Waals surface area (Å²) in [5.74, 6) is 0.0824. The molecule has 0 aromatic heterocycles. The highest BCUT2D eigenvalue weighted by Gasteiger charge is 2.15. The lowest BCUT2D eigenvalue weighted by Gasteiger charge is -2.35. The maximum atomic E-state index is 12.1. The van der Waals surface area contributed by atoms with Crippen molar-refractivity contribution < 1.29 is 17.9 Å². The summed E-state index contributed by atoms with van der Waals surface area (Å²) in [6, 6.07) is 13.3. The zero-order valence-corrected chi connectivity index (χ0v) is 17.2. The van der Waals surface area contributed by atoms with Crippen LogP contribution in [-0.4, -0.2) is 58.6 Å². The lowest BCUT2D eigenvalue weighted by atomic mass is 10.2. The zero-order chi connectivity index (χ0) is 20.9. The molecule has 0 aliphatic carbocycles. The lowest BCUT2D eigenvalue weighted by Crippen LogP contribution is -2.46. The molecule has 0 spiro atoms. The number of ether oxygens (including phenoxy) is 1. The molecular formula is C20H26N4O4S. The molecule has 3 N–H and O–H groups in total. The van der Waals surface area contributed by atoms with Crippen LogP contribution in [0.25, 0.3) is 0 Å². The van der Waals surface area contributed by atoms with Gasteiger partial charge in [0.05, 0.1) is 4.90 Å². The molecule has 1 amide bonds. The van der Waals surface area contributed by atoms with Crippen LogP contribution in [0.3, 0.4) is 0 Å². The summed E-state index contributed by atoms with van der Waals surface area (Å²) < 4.78 is 27.9. The third-order valence-electron chi connectivity index (χ3n) is 4.86. The molecule has 1 fully saturated rings. The topological polar surface area (TPSA) is 105 Å². The number of hydrogen-bond acceptors (Lipinski definition) is 6. The first kappa shape index (κ1) is 21.1. The largest absolute Gasteiger partial charge is 0.484 e. The number of carbonyl (C=O) groups excluding carboxylic acids is 1. The molecule has 9 heteroatoms. The van der Waals surface area contributed by atoms with Gasteiger partial charge in [0.15, 0.2) is 6.61 Å². The first-order valence-corrected chi connectivity index (χ1v) is 11.0. The molecule has 29 heavy (non-hydrogen) atoms. The molecule has 0 radical (unpaired) electrons. The third-order valence-corrected chi connectivity index (χ3v) is 5.79. The molecule has 1 aliphatic rings. The Bertz CT molecular complexity index is 922. The highest BCUT2D eigenvalue weighted by atomic mass is 32.2. The molecule has 0 bridgehead atoms. The van der Waals surface area contributed by atoms with Crippen LogP contribution in [-0.2, 0) is 14.8 Å². The van der Waals surface area contributed by atoms with E-state index in [1.807, 2.05) is 24.3 Å². The number of nitrogens with one attached hydrogen (secondary N) is 1. The van der Waals surface area contributed by atoms with E-state index in [4.69, 9.17) is 9.88 Å². The molecule has 156 valence electrons. The second-order valence-corrected chi connectivity index (χ2v) is 8.38. The van der Waals surface area contributed by atoms with E-state index in [9.17, 15) is 13.2 Å². The van der Waals surface area contributed by atoms with Crippen LogP contribution in [0.2, 0.25) is 0 Å². The number of nitrogens with zero attached hydrogens (tertiary/aromatic N) is 2. The molecule has 1 aliphatic heterocycles. The molecule has 1 saturated heterocycles. The van der Waals surface area contributed by atoms with Crippen molar-refractivity contribution in [2.45, 2.75) is 11.8 Å². The molecule has 2 aromatic carbocycles. The quantitative estimate of drug-likeness (QED) is 0.706. The van der Waals surface area contributed by atoms with Crippen molar-refractivity contribution in [3.63, 3.8) is 0 Å². The number of rotatable bonds is 7. The number of amides is 1. The smallest absolute Gasteiger partial charge is 0.262 e. The molecule has 0 unspecified atom stereocenters. The molecule has 2 aromatic rings. The summed E-state index contributed by atoms with van der Waals surface area (Å²) in [6.07, 6.45) is 0. The minimum absolute atomic E-state index is 0.00880. The van der Waals surface area contributed by atoms with Crippen LogP contribution in [0.1, 0.15) is 6.92 Å². The number of anilines is 2. The van der Waals surface area contributed by atoms with E-state index in [2.05, 4.69) is 22.0 Å². The fourth-order valence-electron chi connectivity index (χ4n) is 3.15. The van der Waals surface area contributed by atoms with E-state index < -0.39 is 10.0 Å². The zero-order valence-electron chi connectivity index (χ0n) is 16.4. The maximum absolute atomic E-state index is 12.1. The maximum Gasteiger partial charge on any atom is 0.262 e. The van der Waals surface area contributed by atoms with Crippen molar-refractivity contribution in [3.05, 3.63) is 48.5 Å². The van der Waals surface area contributed by atoms with Crippen molar-refractivity contribution in [2.75, 3.05) is 49.5 Å². The van der Waals surface area contributed by atoms with Crippen LogP contribution in [0.4, 0.5) is 11.4 Å². The minimum atomic E-state index is -3.75. The van der Waals surface area contributed by atoms with Gasteiger partial charge in [-0.15, -0.1) is 0 Å². The van der Waals surface area contributed by atoms with Crippen LogP contribution in [0, 0.1) is 0 Å². The summed E-state index contributed by atoms with van der Waals surface area (Å²) in [5, 5.41) is 7.84. The summed E-state index contributed by atoms with van der Waals surface area (Å²) in [4.78, 5) is 16.9. The first-order chi connectivity index (χ1) is 13.8. The number of sulfonamides is 1. The van der Waals surface area contributed by atoms with E-state index in [0.717, 1.165) is 38.4 Å². The van der Waals surface area contributed by atoms with Gasteiger partial charge in [0.2, 0.25) is 10.0 Å². The fourth-order valence-corrected chi connectivity index (χ4v) is 3.66. The standard InChI is InChI=1S/C20H26N4O4S/c1-2-23-11-13-24(14-12-23)17-5-3-16(4-6-17)22-20(25)15-28-18-7-9-19(10-8-18)29(21,26)27/h3-10H,2,11-15H2,1H3,(H,22,25)(H2,21,26,27). The molecule has 8 nitrogen and oxygen atoms in total. The number of benzene rings is 2. The van der Waals surface area contributed by atoms with Crippen molar-refractivity contribution in [3.8, 4) is 5.75 Å². The van der Waals surface area contributed by atoms with Crippen LogP contribution >= 0.6 is 0 Å². The number of hydrogen-bond donors (Lipinski definition) is 2. The Morgan fingerprint density at radius 2 is 1.66 bits per heavy atom. The fraction of sp³-hybridized carbons (Fsp3) is 0.350. The average Bonchev–Trinajstić information content (AvgIpc) is 2.72. The van der Waals surface area contributed by atoms with Crippen LogP contribution in [0.5, 0.6) is 5.75 Å². The molecular weight excluding hydrogens is 392 g/mol. The number of nitrogens with two attached hydrogens (primary N) is 1. The predicted octanol–water partition coefficient (Wildman–Crippen LogP) is 1.49. The Morgan fingerprint density at radius 1 is 1.03 bits per heavy atom. The number of likely N-dealkylation sites (N-methyl/N-ethyl adjacent to an activating group) is 1. The molecule has 0 saturated carbocycles. The molecule has 3 rings (SSSR count). The van der Waals surface area contributed by atoms with Gasteiger partial charge < -0.3 is 19.9 Å². The van der Waals surface area contributed by atoms with Gasteiger partial charge in [-0.1, -0.05) is 6.92 Å². The monoisotopic (exact) mass is 418 g/mol. The Labute approximate surface area is 171 Å². The van der Waals surface area contributed by atoms with E-state index in [0.29, 0.717) is 11.4 Å². The van der Waals surface area contributed by atoms with Crippen LogP contribution in [0.15, 0.2) is 53.4 Å². The average molecular weight is 419 g/mol. The molecule has 1 heterocycles. The van der Waals surface area contributed by atoms with Gasteiger partial charge in [-0.25, -0.2) is 13.6 Å². The SMILES string of the molecule is CCN1CCN(c2ccc(NC(=O)COc3ccc(S(N)(=O)=O)cc3)cc2)CC1. The Hall–Kier alpha value is -2.62. The third kappa shape index (κ3) is 5.93. The summed E-state index contributed by atoms with van der Waals surface area (Å²) >= 11 is 0. The second kappa shape index (κ2) is 9.25. The van der Waals surface area contributed by atoms with E-state index in [1.165, 1.54) is 24.3 Å². The van der Waals surface area contributed by atoms with E-state index in [1.54, 1.807) is 0 Å². The van der Waals surface area contributed by atoms with Crippen molar-refractivity contribution in [1.82, 2.24) is 4.90 Å². The van der Waals surface area contributed by atoms with Gasteiger partial charge >= 0.3 is 0 Å². The van der Waals surface area contributed by atoms with Gasteiger partial charge in [-0.2, -0.15) is 0 Å². The molecule has 0 atom stereocenters. The van der Waals surface area contributed by atoms with Crippen molar-refractivity contribution in [1.29, 1.82) is 0 Å². The highest BCUT2D eigenvalue weighted by Crippen LogP contribution is 2.20. The van der Waals surface area contributed by atoms with Gasteiger partial charge in [0.25, 0.3) is 5.91 Å². The lowest BCUT2D eigenvalue weighted by molar-refractivity contribution is -0.118. The Morgan fingerprint density at radius 3 is 2.21 bits per heavy atom. The predicted molar refractivity (Wildman–Crippen MR) is 113 cm³/mol. The normalized spacial score (nSPS) is 15.2. The highest BCUT2D eigenvalue weighted by molar-refractivity contribution is 7.89.